The Labute approximate surface area is 145 Å². The molecule has 4 heteroatoms. The van der Waals surface area contributed by atoms with Gasteiger partial charge in [-0.05, 0) is 63.9 Å². The van der Waals surface area contributed by atoms with Crippen LogP contribution in [0, 0.1) is 0 Å². The number of rotatable bonds is 3. The molecule has 1 saturated heterocycles. The van der Waals surface area contributed by atoms with Crippen LogP contribution in [0.3, 0.4) is 0 Å². The van der Waals surface area contributed by atoms with Gasteiger partial charge in [0.15, 0.2) is 0 Å². The molecule has 24 heavy (non-hydrogen) atoms. The number of amides is 2. The lowest BCUT2D eigenvalue weighted by Gasteiger charge is -2.36. The second-order valence-electron chi connectivity index (χ2n) is 7.87. The third kappa shape index (κ3) is 4.73. The zero-order valence-corrected chi connectivity index (χ0v) is 14.9. The molecular weight excluding hydrogens is 300 g/mol. The summed E-state index contributed by atoms with van der Waals surface area (Å²) in [7, 11) is 0. The first-order valence-electron chi connectivity index (χ1n) is 9.28. The van der Waals surface area contributed by atoms with Gasteiger partial charge in [0, 0.05) is 18.7 Å². The smallest absolute Gasteiger partial charge is 0.315 e. The van der Waals surface area contributed by atoms with Gasteiger partial charge in [-0.25, -0.2) is 4.79 Å². The van der Waals surface area contributed by atoms with Crippen molar-refractivity contribution in [2.75, 3.05) is 6.61 Å². The monoisotopic (exact) mass is 330 g/mol. The Morgan fingerprint density at radius 3 is 2.33 bits per heavy atom. The van der Waals surface area contributed by atoms with Crippen molar-refractivity contribution in [2.45, 2.75) is 76.0 Å². The maximum Gasteiger partial charge on any atom is 0.315 e. The van der Waals surface area contributed by atoms with Crippen molar-refractivity contribution >= 4 is 6.03 Å². The summed E-state index contributed by atoms with van der Waals surface area (Å²) in [6.45, 7) is 4.90. The Bertz CT molecular complexity index is 536. The fraction of sp³-hybridized carbons (Fsp3) is 0.650. The van der Waals surface area contributed by atoms with Crippen LogP contribution >= 0.6 is 0 Å². The molecule has 1 saturated carbocycles. The van der Waals surface area contributed by atoms with Crippen LogP contribution in [-0.2, 0) is 4.74 Å². The van der Waals surface area contributed by atoms with Crippen molar-refractivity contribution in [1.29, 1.82) is 0 Å². The lowest BCUT2D eigenvalue weighted by Crippen LogP contribution is -2.51. The lowest BCUT2D eigenvalue weighted by atomic mass is 9.82. The van der Waals surface area contributed by atoms with Crippen molar-refractivity contribution in [1.82, 2.24) is 10.6 Å². The summed E-state index contributed by atoms with van der Waals surface area (Å²) in [6.07, 6.45) is 6.20. The van der Waals surface area contributed by atoms with Gasteiger partial charge in [-0.3, -0.25) is 0 Å². The number of hydrogen-bond acceptors (Lipinski definition) is 2. The Balaban J connectivity index is 1.42. The van der Waals surface area contributed by atoms with E-state index in [2.05, 4.69) is 54.8 Å². The fourth-order valence-corrected chi connectivity index (χ4v) is 4.06. The number of ether oxygens (including phenoxy) is 1. The molecule has 1 atom stereocenters. The summed E-state index contributed by atoms with van der Waals surface area (Å²) < 4.78 is 5.71. The number of nitrogens with one attached hydrogen (secondary N) is 2. The third-order valence-corrected chi connectivity index (χ3v) is 5.37. The molecule has 2 N–H and O–H groups in total. The summed E-state index contributed by atoms with van der Waals surface area (Å²) in [5.74, 6) is 0.642. The summed E-state index contributed by atoms with van der Waals surface area (Å²) in [5.41, 5.74) is 1.30. The van der Waals surface area contributed by atoms with E-state index in [1.807, 2.05) is 0 Å². The van der Waals surface area contributed by atoms with E-state index in [-0.39, 0.29) is 17.7 Å². The summed E-state index contributed by atoms with van der Waals surface area (Å²) in [5, 5.41) is 6.31. The molecule has 1 heterocycles. The van der Waals surface area contributed by atoms with Gasteiger partial charge in [0.25, 0.3) is 0 Å². The largest absolute Gasteiger partial charge is 0.375 e. The Kier molecular flexibility index (Phi) is 5.44. The maximum atomic E-state index is 12.3. The van der Waals surface area contributed by atoms with E-state index in [9.17, 15) is 4.79 Å². The first-order chi connectivity index (χ1) is 11.5. The highest BCUT2D eigenvalue weighted by Gasteiger charge is 2.30. The average Bonchev–Trinajstić information content (AvgIpc) is 2.55. The second-order valence-corrected chi connectivity index (χ2v) is 7.87. The number of urea groups is 1. The molecule has 2 fully saturated rings. The van der Waals surface area contributed by atoms with E-state index in [1.54, 1.807) is 0 Å². The molecule has 0 aromatic heterocycles. The molecule has 2 amide bonds. The van der Waals surface area contributed by atoms with Crippen LogP contribution in [0.4, 0.5) is 4.79 Å². The van der Waals surface area contributed by atoms with Gasteiger partial charge >= 0.3 is 6.03 Å². The Morgan fingerprint density at radius 2 is 1.67 bits per heavy atom. The number of carbonyl (C=O) groups excluding carboxylic acids is 1. The van der Waals surface area contributed by atoms with E-state index in [1.165, 1.54) is 5.56 Å². The van der Waals surface area contributed by atoms with E-state index in [0.717, 1.165) is 45.1 Å². The topological polar surface area (TPSA) is 50.4 Å². The fourth-order valence-electron chi connectivity index (χ4n) is 4.06. The molecule has 2 aliphatic rings. The molecule has 1 aliphatic heterocycles. The Morgan fingerprint density at radius 1 is 1.00 bits per heavy atom. The highest BCUT2D eigenvalue weighted by Crippen LogP contribution is 2.32. The molecule has 1 unspecified atom stereocenters. The molecule has 1 aromatic carbocycles. The minimum absolute atomic E-state index is 0.0131. The minimum atomic E-state index is -0.135. The molecule has 1 aromatic rings. The van der Waals surface area contributed by atoms with Crippen LogP contribution in [0.2, 0.25) is 0 Å². The lowest BCUT2D eigenvalue weighted by molar-refractivity contribution is -0.0611. The van der Waals surface area contributed by atoms with Crippen molar-refractivity contribution in [3.05, 3.63) is 35.9 Å². The number of benzene rings is 1. The van der Waals surface area contributed by atoms with Crippen molar-refractivity contribution < 1.29 is 9.53 Å². The predicted octanol–water partition coefficient (Wildman–Crippen LogP) is 3.97. The molecule has 132 valence electrons. The van der Waals surface area contributed by atoms with Gasteiger partial charge in [-0.15, -0.1) is 0 Å². The zero-order valence-electron chi connectivity index (χ0n) is 14.9. The molecule has 0 spiro atoms. The number of carbonyl (C=O) groups is 1. The predicted molar refractivity (Wildman–Crippen MR) is 96.2 cm³/mol. The number of hydrogen-bond donors (Lipinski definition) is 2. The standard InChI is InChI=1S/C20H30N2O2/c1-20(2)14-18(12-13-24-20)22-19(23)21-17-10-8-16(9-11-17)15-6-4-3-5-7-15/h3-7,16-18H,8-14H2,1-2H3,(H2,21,22,23). The molecule has 0 radical (unpaired) electrons. The first kappa shape index (κ1) is 17.3. The van der Waals surface area contributed by atoms with Crippen molar-refractivity contribution in [3.8, 4) is 0 Å². The van der Waals surface area contributed by atoms with Crippen LogP contribution in [0.5, 0.6) is 0 Å². The highest BCUT2D eigenvalue weighted by molar-refractivity contribution is 5.74. The van der Waals surface area contributed by atoms with Gasteiger partial charge in [0.05, 0.1) is 5.60 Å². The normalized spacial score (nSPS) is 29.7. The van der Waals surface area contributed by atoms with Gasteiger partial charge < -0.3 is 15.4 Å². The van der Waals surface area contributed by atoms with E-state index in [4.69, 9.17) is 4.74 Å². The van der Waals surface area contributed by atoms with Crippen molar-refractivity contribution in [2.24, 2.45) is 0 Å². The summed E-state index contributed by atoms with van der Waals surface area (Å²) in [6, 6.07) is 11.2. The van der Waals surface area contributed by atoms with E-state index >= 15 is 0 Å². The van der Waals surface area contributed by atoms with E-state index in [0.29, 0.717) is 12.0 Å². The quantitative estimate of drug-likeness (QED) is 0.881. The van der Waals surface area contributed by atoms with Gasteiger partial charge in [-0.1, -0.05) is 30.3 Å². The molecule has 0 bridgehead atoms. The maximum absolute atomic E-state index is 12.3. The minimum Gasteiger partial charge on any atom is -0.375 e. The average molecular weight is 330 g/mol. The van der Waals surface area contributed by atoms with Crippen LogP contribution in [0.1, 0.15) is 63.9 Å². The molecule has 3 rings (SSSR count). The van der Waals surface area contributed by atoms with Gasteiger partial charge in [0.1, 0.15) is 0 Å². The van der Waals surface area contributed by atoms with Gasteiger partial charge in [-0.2, -0.15) is 0 Å². The SMILES string of the molecule is CC1(C)CC(NC(=O)NC2CCC(c3ccccc3)CC2)CCO1. The summed E-state index contributed by atoms with van der Waals surface area (Å²) in [4.78, 5) is 12.3. The Hall–Kier alpha value is -1.55. The van der Waals surface area contributed by atoms with Crippen LogP contribution in [0.15, 0.2) is 30.3 Å². The molecule has 1 aliphatic carbocycles. The van der Waals surface area contributed by atoms with Gasteiger partial charge in [0.2, 0.25) is 0 Å². The second kappa shape index (κ2) is 7.56. The summed E-state index contributed by atoms with van der Waals surface area (Å²) >= 11 is 0. The van der Waals surface area contributed by atoms with Crippen molar-refractivity contribution in [3.63, 3.8) is 0 Å². The zero-order chi connectivity index (χ0) is 17.0. The van der Waals surface area contributed by atoms with Crippen LogP contribution in [0.25, 0.3) is 0 Å². The van der Waals surface area contributed by atoms with Crippen LogP contribution < -0.4 is 10.6 Å². The third-order valence-electron chi connectivity index (χ3n) is 5.37. The molecule has 4 nitrogen and oxygen atoms in total. The van der Waals surface area contributed by atoms with Crippen LogP contribution in [-0.4, -0.2) is 30.3 Å². The first-order valence-corrected chi connectivity index (χ1v) is 9.28. The van der Waals surface area contributed by atoms with E-state index < -0.39 is 0 Å². The molecular formula is C20H30N2O2. The highest BCUT2D eigenvalue weighted by atomic mass is 16.5.